The molecule has 0 N–H and O–H groups in total. The number of likely N-dealkylation sites (tertiary alicyclic amines) is 1. The highest BCUT2D eigenvalue weighted by Gasteiger charge is 2.26. The number of fused-ring (bicyclic) bond motifs is 1. The van der Waals surface area contributed by atoms with Gasteiger partial charge in [-0.3, -0.25) is 4.79 Å². The van der Waals surface area contributed by atoms with Crippen molar-refractivity contribution in [3.05, 3.63) is 35.4 Å². The van der Waals surface area contributed by atoms with E-state index in [0.717, 1.165) is 68.6 Å². The van der Waals surface area contributed by atoms with Crippen LogP contribution in [0.5, 0.6) is 0 Å². The zero-order chi connectivity index (χ0) is 16.5. The number of benzene rings is 1. The number of anilines is 1. The van der Waals surface area contributed by atoms with Gasteiger partial charge in [0.1, 0.15) is 5.82 Å². The number of piperidine rings is 1. The second kappa shape index (κ2) is 6.60. The molecule has 0 bridgehead atoms. The predicted octanol–water partition coefficient (Wildman–Crippen LogP) is 3.73. The molecule has 0 unspecified atom stereocenters. The van der Waals surface area contributed by atoms with Gasteiger partial charge in [-0.25, -0.2) is 4.98 Å². The van der Waals surface area contributed by atoms with Gasteiger partial charge >= 0.3 is 0 Å². The van der Waals surface area contributed by atoms with Crippen LogP contribution in [0, 0.1) is 5.92 Å². The maximum absolute atomic E-state index is 11.8. The number of para-hydroxylation sites is 1. The molecule has 126 valence electrons. The molecule has 1 amide bonds. The third kappa shape index (κ3) is 3.07. The van der Waals surface area contributed by atoms with Gasteiger partial charge in [0.25, 0.3) is 0 Å². The zero-order valence-electron chi connectivity index (χ0n) is 13.7. The molecule has 24 heavy (non-hydrogen) atoms. The van der Waals surface area contributed by atoms with E-state index in [9.17, 15) is 4.79 Å². The number of carbonyl (C=O) groups excluding carboxylic acids is 1. The molecular formula is C19H22ClN3O. The van der Waals surface area contributed by atoms with Crippen LogP contribution in [0.3, 0.4) is 0 Å². The van der Waals surface area contributed by atoms with Crippen molar-refractivity contribution in [1.82, 2.24) is 9.88 Å². The van der Waals surface area contributed by atoms with E-state index in [1.807, 2.05) is 23.1 Å². The largest absolute Gasteiger partial charge is 0.357 e. The number of rotatable bonds is 3. The number of aromatic nitrogens is 1. The molecule has 0 radical (unpaired) electrons. The zero-order valence-corrected chi connectivity index (χ0v) is 14.5. The summed E-state index contributed by atoms with van der Waals surface area (Å²) >= 11 is 6.28. The van der Waals surface area contributed by atoms with Gasteiger partial charge in [-0.1, -0.05) is 23.7 Å². The van der Waals surface area contributed by atoms with Crippen LogP contribution in [-0.4, -0.2) is 42.0 Å². The fourth-order valence-corrected chi connectivity index (χ4v) is 4.05. The third-order valence-corrected chi connectivity index (χ3v) is 5.55. The fourth-order valence-electron chi connectivity index (χ4n) is 3.83. The number of pyridine rings is 1. The van der Waals surface area contributed by atoms with Crippen LogP contribution in [0.25, 0.3) is 10.9 Å². The minimum atomic E-state index is 0.336. The van der Waals surface area contributed by atoms with E-state index in [4.69, 9.17) is 16.6 Å². The van der Waals surface area contributed by atoms with Crippen molar-refractivity contribution in [2.45, 2.75) is 25.7 Å². The van der Waals surface area contributed by atoms with E-state index >= 15 is 0 Å². The van der Waals surface area contributed by atoms with E-state index in [1.165, 1.54) is 0 Å². The molecule has 0 aliphatic carbocycles. The summed E-state index contributed by atoms with van der Waals surface area (Å²) in [5.41, 5.74) is 0.876. The molecule has 0 atom stereocenters. The first-order valence-corrected chi connectivity index (χ1v) is 9.16. The molecule has 3 heterocycles. The molecule has 2 fully saturated rings. The first kappa shape index (κ1) is 15.7. The highest BCUT2D eigenvalue weighted by molar-refractivity contribution is 6.35. The van der Waals surface area contributed by atoms with Gasteiger partial charge in [-0.2, -0.15) is 0 Å². The van der Waals surface area contributed by atoms with Crippen LogP contribution in [0.1, 0.15) is 25.7 Å². The monoisotopic (exact) mass is 343 g/mol. The first-order valence-electron chi connectivity index (χ1n) is 8.79. The number of halogens is 1. The van der Waals surface area contributed by atoms with Crippen molar-refractivity contribution in [3.63, 3.8) is 0 Å². The molecule has 1 aromatic carbocycles. The Morgan fingerprint density at radius 3 is 2.71 bits per heavy atom. The van der Waals surface area contributed by atoms with E-state index in [1.54, 1.807) is 0 Å². The molecule has 4 nitrogen and oxygen atoms in total. The molecule has 5 heteroatoms. The normalized spacial score (nSPS) is 19.5. The molecule has 2 aromatic rings. The summed E-state index contributed by atoms with van der Waals surface area (Å²) < 4.78 is 0. The lowest BCUT2D eigenvalue weighted by molar-refractivity contribution is -0.128. The maximum Gasteiger partial charge on any atom is 0.222 e. The minimum Gasteiger partial charge on any atom is -0.357 e. The molecule has 0 saturated carbocycles. The summed E-state index contributed by atoms with van der Waals surface area (Å²) in [6, 6.07) is 10.1. The van der Waals surface area contributed by atoms with Crippen LogP contribution in [0.15, 0.2) is 30.3 Å². The average Bonchev–Trinajstić information content (AvgIpc) is 3.01. The van der Waals surface area contributed by atoms with E-state index in [2.05, 4.69) is 17.0 Å². The lowest BCUT2D eigenvalue weighted by Gasteiger charge is -2.34. The third-order valence-electron chi connectivity index (χ3n) is 5.24. The van der Waals surface area contributed by atoms with Crippen LogP contribution < -0.4 is 4.90 Å². The van der Waals surface area contributed by atoms with Crippen molar-refractivity contribution in [2.75, 3.05) is 31.1 Å². The van der Waals surface area contributed by atoms with Crippen LogP contribution in [0.4, 0.5) is 5.82 Å². The first-order chi connectivity index (χ1) is 11.7. The molecule has 0 spiro atoms. The second-order valence-electron chi connectivity index (χ2n) is 6.85. The van der Waals surface area contributed by atoms with Crippen molar-refractivity contribution in [1.29, 1.82) is 0 Å². The number of hydrogen-bond acceptors (Lipinski definition) is 3. The summed E-state index contributed by atoms with van der Waals surface area (Å²) in [4.78, 5) is 20.9. The van der Waals surface area contributed by atoms with Crippen LogP contribution >= 0.6 is 11.6 Å². The minimum absolute atomic E-state index is 0.336. The Kier molecular flexibility index (Phi) is 4.31. The Balaban J connectivity index is 1.42. The Bertz CT molecular complexity index is 755. The lowest BCUT2D eigenvalue weighted by Crippen LogP contribution is -2.39. The van der Waals surface area contributed by atoms with Gasteiger partial charge in [0.2, 0.25) is 5.91 Å². The Morgan fingerprint density at radius 2 is 1.96 bits per heavy atom. The van der Waals surface area contributed by atoms with E-state index in [-0.39, 0.29) is 0 Å². The molecule has 1 aromatic heterocycles. The van der Waals surface area contributed by atoms with Crippen molar-refractivity contribution < 1.29 is 4.79 Å². The molecule has 4 rings (SSSR count). The Labute approximate surface area is 147 Å². The summed E-state index contributed by atoms with van der Waals surface area (Å²) in [5.74, 6) is 1.96. The van der Waals surface area contributed by atoms with Crippen molar-refractivity contribution in [3.8, 4) is 0 Å². The van der Waals surface area contributed by atoms with Crippen molar-refractivity contribution >= 4 is 34.2 Å². The molecule has 2 saturated heterocycles. The van der Waals surface area contributed by atoms with Crippen LogP contribution in [0.2, 0.25) is 5.02 Å². The highest BCUT2D eigenvalue weighted by atomic mass is 35.5. The van der Waals surface area contributed by atoms with Gasteiger partial charge in [0.15, 0.2) is 0 Å². The highest BCUT2D eigenvalue weighted by Crippen LogP contribution is 2.28. The van der Waals surface area contributed by atoms with Crippen LogP contribution in [-0.2, 0) is 4.79 Å². The summed E-state index contributed by atoms with van der Waals surface area (Å²) in [7, 11) is 0. The number of carbonyl (C=O) groups is 1. The smallest absolute Gasteiger partial charge is 0.222 e. The summed E-state index contributed by atoms with van der Waals surface area (Å²) in [6.45, 7) is 3.87. The average molecular weight is 344 g/mol. The van der Waals surface area contributed by atoms with Crippen molar-refractivity contribution in [2.24, 2.45) is 5.92 Å². The summed E-state index contributed by atoms with van der Waals surface area (Å²) in [6.07, 6.45) is 4.00. The Hall–Kier alpha value is -1.81. The molecule has 2 aliphatic rings. The topological polar surface area (TPSA) is 36.4 Å². The lowest BCUT2D eigenvalue weighted by atomic mass is 9.96. The van der Waals surface area contributed by atoms with E-state index in [0.29, 0.717) is 16.8 Å². The standard InChI is InChI=1S/C19H22ClN3O/c20-16-4-1-3-15-6-7-17(21-19(15)16)22-11-8-14(9-12-22)13-23-10-2-5-18(23)24/h1,3-4,6-7,14H,2,5,8-13H2. The summed E-state index contributed by atoms with van der Waals surface area (Å²) in [5, 5.41) is 1.78. The number of nitrogens with zero attached hydrogens (tertiary/aromatic N) is 3. The fraction of sp³-hybridized carbons (Fsp3) is 0.474. The molecule has 2 aliphatic heterocycles. The van der Waals surface area contributed by atoms with Gasteiger partial charge < -0.3 is 9.80 Å². The number of amides is 1. The van der Waals surface area contributed by atoms with Gasteiger partial charge in [-0.05, 0) is 43.4 Å². The van der Waals surface area contributed by atoms with E-state index < -0.39 is 0 Å². The quantitative estimate of drug-likeness (QED) is 0.852. The van der Waals surface area contributed by atoms with Gasteiger partial charge in [0, 0.05) is 38.0 Å². The van der Waals surface area contributed by atoms with Gasteiger partial charge in [0.05, 0.1) is 10.5 Å². The predicted molar refractivity (Wildman–Crippen MR) is 97.5 cm³/mol. The van der Waals surface area contributed by atoms with Gasteiger partial charge in [-0.15, -0.1) is 0 Å². The SMILES string of the molecule is O=C1CCCN1CC1CCN(c2ccc3cccc(Cl)c3n2)CC1. The second-order valence-corrected chi connectivity index (χ2v) is 7.26. The maximum atomic E-state index is 11.8. The Morgan fingerprint density at radius 1 is 1.12 bits per heavy atom. The molecular weight excluding hydrogens is 322 g/mol. The number of hydrogen-bond donors (Lipinski definition) is 0.